The lowest BCUT2D eigenvalue weighted by Crippen LogP contribution is -2.20. The van der Waals surface area contributed by atoms with E-state index in [-0.39, 0.29) is 11.9 Å². The monoisotopic (exact) mass is 361 g/mol. The van der Waals surface area contributed by atoms with Crippen LogP contribution in [-0.2, 0) is 6.18 Å². The molecule has 0 amide bonds. The highest BCUT2D eigenvalue weighted by Crippen LogP contribution is 2.31. The third-order valence-electron chi connectivity index (χ3n) is 4.45. The summed E-state index contributed by atoms with van der Waals surface area (Å²) >= 11 is 0. The van der Waals surface area contributed by atoms with Gasteiger partial charge in [-0.05, 0) is 18.9 Å². The van der Waals surface area contributed by atoms with E-state index in [4.69, 9.17) is 5.26 Å². The molecule has 0 spiro atoms. The highest BCUT2D eigenvalue weighted by Gasteiger charge is 2.32. The van der Waals surface area contributed by atoms with Gasteiger partial charge in [0.2, 0.25) is 5.82 Å². The van der Waals surface area contributed by atoms with E-state index in [1.54, 1.807) is 0 Å². The lowest BCUT2D eigenvalue weighted by Gasteiger charge is -2.19. The molecule has 1 saturated carbocycles. The Kier molecular flexibility index (Phi) is 5.35. The second-order valence-corrected chi connectivity index (χ2v) is 6.33. The van der Waals surface area contributed by atoms with Crippen LogP contribution < -0.4 is 5.32 Å². The number of nitrogens with one attached hydrogen (secondary N) is 1. The van der Waals surface area contributed by atoms with Gasteiger partial charge in [-0.3, -0.25) is 4.98 Å². The maximum Gasteiger partial charge on any atom is 0.433 e. The minimum absolute atomic E-state index is 0.0183. The summed E-state index contributed by atoms with van der Waals surface area (Å²) in [6.45, 7) is 0. The largest absolute Gasteiger partial charge is 0.433 e. The summed E-state index contributed by atoms with van der Waals surface area (Å²) < 4.78 is 38.1. The second-order valence-electron chi connectivity index (χ2n) is 6.33. The predicted molar refractivity (Wildman–Crippen MR) is 90.1 cm³/mol. The zero-order valence-corrected chi connectivity index (χ0v) is 14.1. The van der Waals surface area contributed by atoms with Crippen LogP contribution in [0.4, 0.5) is 19.0 Å². The number of halogens is 3. The molecule has 0 bridgehead atoms. The SMILES string of the molecule is N#Cc1ncc(-c2ccc(C(F)(F)F)nc2)c(NC2CCCCCC2)n1. The van der Waals surface area contributed by atoms with Crippen LogP contribution in [0.15, 0.2) is 24.5 Å². The zero-order valence-electron chi connectivity index (χ0n) is 14.1. The summed E-state index contributed by atoms with van der Waals surface area (Å²) in [6, 6.07) is 4.40. The minimum atomic E-state index is -4.48. The molecule has 0 atom stereocenters. The molecule has 0 aliphatic heterocycles. The van der Waals surface area contributed by atoms with E-state index in [0.29, 0.717) is 16.9 Å². The number of anilines is 1. The molecular weight excluding hydrogens is 343 g/mol. The van der Waals surface area contributed by atoms with E-state index in [2.05, 4.69) is 20.3 Å². The Morgan fingerprint density at radius 1 is 1.04 bits per heavy atom. The van der Waals surface area contributed by atoms with E-state index in [1.807, 2.05) is 6.07 Å². The second kappa shape index (κ2) is 7.68. The molecule has 0 saturated heterocycles. The van der Waals surface area contributed by atoms with Crippen molar-refractivity contribution in [2.45, 2.75) is 50.7 Å². The number of pyridine rings is 1. The van der Waals surface area contributed by atoms with Gasteiger partial charge in [-0.15, -0.1) is 0 Å². The summed E-state index contributed by atoms with van der Waals surface area (Å²) in [6.07, 6.45) is 4.74. The number of alkyl halides is 3. The van der Waals surface area contributed by atoms with Crippen LogP contribution in [0, 0.1) is 11.3 Å². The van der Waals surface area contributed by atoms with Crippen LogP contribution in [0.3, 0.4) is 0 Å². The third kappa shape index (κ3) is 4.28. The predicted octanol–water partition coefficient (Wildman–Crippen LogP) is 4.56. The molecule has 3 rings (SSSR count). The van der Waals surface area contributed by atoms with Crippen LogP contribution in [0.25, 0.3) is 11.1 Å². The molecule has 1 fully saturated rings. The molecule has 2 heterocycles. The fourth-order valence-electron chi connectivity index (χ4n) is 3.09. The van der Waals surface area contributed by atoms with E-state index < -0.39 is 11.9 Å². The first-order chi connectivity index (χ1) is 12.5. The third-order valence-corrected chi connectivity index (χ3v) is 4.45. The van der Waals surface area contributed by atoms with Crippen molar-refractivity contribution in [1.82, 2.24) is 15.0 Å². The van der Waals surface area contributed by atoms with Crippen molar-refractivity contribution in [2.24, 2.45) is 0 Å². The molecule has 0 radical (unpaired) electrons. The summed E-state index contributed by atoms with van der Waals surface area (Å²) in [4.78, 5) is 11.7. The van der Waals surface area contributed by atoms with Crippen molar-refractivity contribution in [3.8, 4) is 17.2 Å². The van der Waals surface area contributed by atoms with Crippen molar-refractivity contribution in [3.63, 3.8) is 0 Å². The highest BCUT2D eigenvalue weighted by atomic mass is 19.4. The first kappa shape index (κ1) is 18.1. The van der Waals surface area contributed by atoms with Crippen molar-refractivity contribution < 1.29 is 13.2 Å². The standard InChI is InChI=1S/C18H18F3N5/c19-18(20,21)15-8-7-12(10-23-15)14-11-24-16(9-22)26-17(14)25-13-5-3-1-2-4-6-13/h7-8,10-11,13H,1-6H2,(H,24,25,26). The van der Waals surface area contributed by atoms with Crippen molar-refractivity contribution in [2.75, 3.05) is 5.32 Å². The number of hydrogen-bond acceptors (Lipinski definition) is 5. The van der Waals surface area contributed by atoms with E-state index in [1.165, 1.54) is 25.1 Å². The van der Waals surface area contributed by atoms with Crippen LogP contribution >= 0.6 is 0 Å². The first-order valence-electron chi connectivity index (χ1n) is 8.54. The maximum absolute atomic E-state index is 12.7. The number of nitrogens with zero attached hydrogens (tertiary/aromatic N) is 4. The Balaban J connectivity index is 1.92. The molecule has 1 aliphatic carbocycles. The highest BCUT2D eigenvalue weighted by molar-refractivity contribution is 5.74. The number of rotatable bonds is 3. The average molecular weight is 361 g/mol. The molecule has 2 aromatic heterocycles. The van der Waals surface area contributed by atoms with Gasteiger partial charge < -0.3 is 5.32 Å². The Bertz CT molecular complexity index is 788. The fourth-order valence-corrected chi connectivity index (χ4v) is 3.09. The molecule has 5 nitrogen and oxygen atoms in total. The molecule has 1 aliphatic rings. The topological polar surface area (TPSA) is 74.5 Å². The van der Waals surface area contributed by atoms with E-state index >= 15 is 0 Å². The molecular formula is C18H18F3N5. The Morgan fingerprint density at radius 3 is 2.35 bits per heavy atom. The quantitative estimate of drug-likeness (QED) is 0.811. The Hall–Kier alpha value is -2.69. The Labute approximate surface area is 149 Å². The van der Waals surface area contributed by atoms with Crippen LogP contribution in [0.5, 0.6) is 0 Å². The fraction of sp³-hybridized carbons (Fsp3) is 0.444. The van der Waals surface area contributed by atoms with Gasteiger partial charge in [0.05, 0.1) is 0 Å². The van der Waals surface area contributed by atoms with E-state index in [9.17, 15) is 13.2 Å². The van der Waals surface area contributed by atoms with Crippen LogP contribution in [0.2, 0.25) is 0 Å². The molecule has 0 unspecified atom stereocenters. The number of aromatic nitrogens is 3. The van der Waals surface area contributed by atoms with Crippen molar-refractivity contribution in [3.05, 3.63) is 36.0 Å². The normalized spacial score (nSPS) is 15.9. The number of hydrogen-bond donors (Lipinski definition) is 1. The van der Waals surface area contributed by atoms with E-state index in [0.717, 1.165) is 37.9 Å². The van der Waals surface area contributed by atoms with Crippen molar-refractivity contribution in [1.29, 1.82) is 5.26 Å². The van der Waals surface area contributed by atoms with Gasteiger partial charge >= 0.3 is 6.18 Å². The van der Waals surface area contributed by atoms with Gasteiger partial charge in [0.15, 0.2) is 0 Å². The van der Waals surface area contributed by atoms with Gasteiger partial charge in [0, 0.05) is 29.6 Å². The molecule has 1 N–H and O–H groups in total. The summed E-state index contributed by atoms with van der Waals surface area (Å²) in [5.41, 5.74) is 0.0576. The van der Waals surface area contributed by atoms with Crippen LogP contribution in [0.1, 0.15) is 50.0 Å². The summed E-state index contributed by atoms with van der Waals surface area (Å²) in [5.74, 6) is 0.481. The smallest absolute Gasteiger partial charge is 0.367 e. The maximum atomic E-state index is 12.7. The molecule has 136 valence electrons. The van der Waals surface area contributed by atoms with Crippen LogP contribution in [-0.4, -0.2) is 21.0 Å². The molecule has 8 heteroatoms. The summed E-state index contributed by atoms with van der Waals surface area (Å²) in [5, 5.41) is 12.4. The summed E-state index contributed by atoms with van der Waals surface area (Å²) in [7, 11) is 0. The lowest BCUT2D eigenvalue weighted by molar-refractivity contribution is -0.141. The average Bonchev–Trinajstić information content (AvgIpc) is 2.90. The Morgan fingerprint density at radius 2 is 1.77 bits per heavy atom. The minimum Gasteiger partial charge on any atom is -0.367 e. The molecule has 26 heavy (non-hydrogen) atoms. The van der Waals surface area contributed by atoms with Gasteiger partial charge in [-0.25, -0.2) is 9.97 Å². The molecule has 0 aromatic carbocycles. The van der Waals surface area contributed by atoms with Crippen molar-refractivity contribution >= 4 is 5.82 Å². The van der Waals surface area contributed by atoms with Gasteiger partial charge in [-0.2, -0.15) is 18.4 Å². The first-order valence-corrected chi connectivity index (χ1v) is 8.54. The number of nitriles is 1. The van der Waals surface area contributed by atoms with Gasteiger partial charge in [0.1, 0.15) is 17.6 Å². The van der Waals surface area contributed by atoms with Gasteiger partial charge in [0.25, 0.3) is 0 Å². The van der Waals surface area contributed by atoms with Gasteiger partial charge in [-0.1, -0.05) is 31.7 Å². The molecule has 2 aromatic rings. The lowest BCUT2D eigenvalue weighted by atomic mass is 10.1. The zero-order chi connectivity index (χ0) is 18.6.